The van der Waals surface area contributed by atoms with Crippen LogP contribution in [0.25, 0.3) is 0 Å². The van der Waals surface area contributed by atoms with Crippen molar-refractivity contribution in [2.45, 2.75) is 13.3 Å². The number of ether oxygens (including phenoxy) is 1. The lowest BCUT2D eigenvalue weighted by atomic mass is 10.4. The van der Waals surface area contributed by atoms with Crippen molar-refractivity contribution in [3.05, 3.63) is 12.2 Å². The van der Waals surface area contributed by atoms with Crippen LogP contribution in [0.5, 0.6) is 0 Å². The Hall–Kier alpha value is -0.930. The molecule has 0 aromatic heterocycles. The molecule has 0 rings (SSSR count). The first kappa shape index (κ1) is 16.1. The predicted octanol–water partition coefficient (Wildman–Crippen LogP) is -0.625. The first-order valence-electron chi connectivity index (χ1n) is 4.57. The standard InChI is InChI=1S/C8H15NO6S2/c1-7(2)8(10)15-5-4-6-17(13,14)9-16(3,11)12/h9H,1,4-6H2,2-3H3. The summed E-state index contributed by atoms with van der Waals surface area (Å²) >= 11 is 0. The molecule has 0 aliphatic heterocycles. The van der Waals surface area contributed by atoms with E-state index in [2.05, 4.69) is 11.3 Å². The van der Waals surface area contributed by atoms with E-state index in [0.29, 0.717) is 0 Å². The highest BCUT2D eigenvalue weighted by atomic mass is 32.3. The first-order valence-corrected chi connectivity index (χ1v) is 8.12. The van der Waals surface area contributed by atoms with Crippen LogP contribution in [-0.2, 0) is 29.6 Å². The Morgan fingerprint density at radius 1 is 1.29 bits per heavy atom. The van der Waals surface area contributed by atoms with Gasteiger partial charge in [-0.25, -0.2) is 21.6 Å². The van der Waals surface area contributed by atoms with E-state index in [9.17, 15) is 21.6 Å². The van der Waals surface area contributed by atoms with Crippen LogP contribution in [0.15, 0.2) is 12.2 Å². The maximum atomic E-state index is 11.2. The van der Waals surface area contributed by atoms with E-state index in [4.69, 9.17) is 0 Å². The lowest BCUT2D eigenvalue weighted by molar-refractivity contribution is -0.138. The van der Waals surface area contributed by atoms with Crippen LogP contribution in [0, 0.1) is 0 Å². The second kappa shape index (κ2) is 6.12. The number of nitrogens with one attached hydrogen (secondary N) is 1. The van der Waals surface area contributed by atoms with Gasteiger partial charge in [0.15, 0.2) is 0 Å². The molecule has 1 N–H and O–H groups in total. The molecule has 0 aliphatic carbocycles. The van der Waals surface area contributed by atoms with Crippen LogP contribution in [0.1, 0.15) is 13.3 Å². The molecule has 9 heteroatoms. The Labute approximate surface area is 101 Å². The minimum Gasteiger partial charge on any atom is -0.462 e. The number of hydrogen-bond acceptors (Lipinski definition) is 6. The molecule has 0 heterocycles. The van der Waals surface area contributed by atoms with Crippen molar-refractivity contribution in [3.8, 4) is 0 Å². The molecule has 0 saturated heterocycles. The van der Waals surface area contributed by atoms with Gasteiger partial charge in [0.1, 0.15) is 0 Å². The molecular formula is C8H15NO6S2. The van der Waals surface area contributed by atoms with Gasteiger partial charge >= 0.3 is 5.97 Å². The van der Waals surface area contributed by atoms with Gasteiger partial charge in [0.25, 0.3) is 0 Å². The first-order chi connectivity index (χ1) is 7.53. The molecule has 0 amide bonds. The maximum Gasteiger partial charge on any atom is 0.333 e. The number of hydrogen-bond donors (Lipinski definition) is 1. The normalized spacial score (nSPS) is 12.1. The van der Waals surface area contributed by atoms with Gasteiger partial charge in [0.05, 0.1) is 18.6 Å². The molecule has 0 aliphatic rings. The molecule has 0 atom stereocenters. The molecule has 0 radical (unpaired) electrons. The third kappa shape index (κ3) is 8.83. The fraction of sp³-hybridized carbons (Fsp3) is 0.625. The number of carbonyl (C=O) groups is 1. The molecule has 0 bridgehead atoms. The van der Waals surface area contributed by atoms with Gasteiger partial charge in [-0.05, 0) is 13.3 Å². The third-order valence-corrected chi connectivity index (χ3v) is 4.47. The molecule has 7 nitrogen and oxygen atoms in total. The highest BCUT2D eigenvalue weighted by Gasteiger charge is 2.16. The van der Waals surface area contributed by atoms with Crippen LogP contribution in [-0.4, -0.2) is 41.4 Å². The minimum absolute atomic E-state index is 0.00384. The summed E-state index contributed by atoms with van der Waals surface area (Å²) in [5.74, 6) is -1.05. The second-order valence-corrected chi connectivity index (χ2v) is 7.29. The number of esters is 1. The minimum atomic E-state index is -3.91. The summed E-state index contributed by atoms with van der Waals surface area (Å²) in [7, 11) is -7.72. The van der Waals surface area contributed by atoms with E-state index in [-0.39, 0.29) is 18.6 Å². The van der Waals surface area contributed by atoms with E-state index >= 15 is 0 Å². The molecule has 0 aromatic rings. The van der Waals surface area contributed by atoms with Gasteiger partial charge in [-0.3, -0.25) is 0 Å². The summed E-state index contributed by atoms with van der Waals surface area (Å²) in [4.78, 5) is 10.9. The quantitative estimate of drug-likeness (QED) is 0.379. The fourth-order valence-electron chi connectivity index (χ4n) is 0.809. The molecule has 0 unspecified atom stereocenters. The second-order valence-electron chi connectivity index (χ2n) is 3.44. The molecular weight excluding hydrogens is 270 g/mol. The van der Waals surface area contributed by atoms with Crippen LogP contribution >= 0.6 is 0 Å². The highest BCUT2D eigenvalue weighted by molar-refractivity contribution is 8.04. The van der Waals surface area contributed by atoms with Crippen LogP contribution in [0.2, 0.25) is 0 Å². The fourth-order valence-corrected chi connectivity index (χ4v) is 3.49. The van der Waals surface area contributed by atoms with E-state index in [1.165, 1.54) is 11.1 Å². The summed E-state index contributed by atoms with van der Waals surface area (Å²) in [6, 6.07) is 0. The Balaban J connectivity index is 4.06. The molecule has 0 aromatic carbocycles. The van der Waals surface area contributed by atoms with Crippen molar-refractivity contribution >= 4 is 26.0 Å². The van der Waals surface area contributed by atoms with E-state index in [1.807, 2.05) is 0 Å². The van der Waals surface area contributed by atoms with Crippen molar-refractivity contribution < 1.29 is 26.4 Å². The number of sulfonamides is 2. The van der Waals surface area contributed by atoms with E-state index in [1.54, 1.807) is 0 Å². The SMILES string of the molecule is C=C(C)C(=O)OCCCS(=O)(=O)NS(C)(=O)=O. The zero-order valence-electron chi connectivity index (χ0n) is 9.59. The summed E-state index contributed by atoms with van der Waals surface area (Å²) in [6.07, 6.45) is 0.746. The average Bonchev–Trinajstić information content (AvgIpc) is 2.07. The maximum absolute atomic E-state index is 11.2. The molecule has 100 valence electrons. The van der Waals surface area contributed by atoms with Gasteiger partial charge in [-0.1, -0.05) is 6.58 Å². The average molecular weight is 285 g/mol. The van der Waals surface area contributed by atoms with Crippen molar-refractivity contribution in [1.29, 1.82) is 0 Å². The van der Waals surface area contributed by atoms with Crippen LogP contribution in [0.4, 0.5) is 0 Å². The Morgan fingerprint density at radius 2 is 1.82 bits per heavy atom. The lowest BCUT2D eigenvalue weighted by Crippen LogP contribution is -2.32. The topological polar surface area (TPSA) is 107 Å². The summed E-state index contributed by atoms with van der Waals surface area (Å²) in [6.45, 7) is 4.69. The number of carbonyl (C=O) groups excluding carboxylic acids is 1. The van der Waals surface area contributed by atoms with Gasteiger partial charge in [-0.15, -0.1) is 4.13 Å². The molecule has 0 fully saturated rings. The van der Waals surface area contributed by atoms with Crippen molar-refractivity contribution in [2.75, 3.05) is 18.6 Å². The van der Waals surface area contributed by atoms with Crippen molar-refractivity contribution in [3.63, 3.8) is 0 Å². The van der Waals surface area contributed by atoms with E-state index in [0.717, 1.165) is 6.26 Å². The Morgan fingerprint density at radius 3 is 2.24 bits per heavy atom. The third-order valence-electron chi connectivity index (χ3n) is 1.42. The molecule has 17 heavy (non-hydrogen) atoms. The Kier molecular flexibility index (Phi) is 5.79. The van der Waals surface area contributed by atoms with Gasteiger partial charge in [-0.2, -0.15) is 0 Å². The van der Waals surface area contributed by atoms with Gasteiger partial charge in [0, 0.05) is 5.57 Å². The predicted molar refractivity (Wildman–Crippen MR) is 62.2 cm³/mol. The molecule has 0 spiro atoms. The monoisotopic (exact) mass is 285 g/mol. The van der Waals surface area contributed by atoms with E-state index < -0.39 is 31.8 Å². The van der Waals surface area contributed by atoms with Gasteiger partial charge < -0.3 is 4.74 Å². The largest absolute Gasteiger partial charge is 0.462 e. The summed E-state index contributed by atoms with van der Waals surface area (Å²) < 4.78 is 49.9. The smallest absolute Gasteiger partial charge is 0.333 e. The Bertz CT molecular complexity index is 490. The zero-order chi connectivity index (χ0) is 13.7. The van der Waals surface area contributed by atoms with Crippen molar-refractivity contribution in [1.82, 2.24) is 4.13 Å². The van der Waals surface area contributed by atoms with Crippen LogP contribution < -0.4 is 4.13 Å². The van der Waals surface area contributed by atoms with Crippen LogP contribution in [0.3, 0.4) is 0 Å². The summed E-state index contributed by atoms with van der Waals surface area (Å²) in [5.41, 5.74) is 0.210. The molecule has 0 saturated carbocycles. The van der Waals surface area contributed by atoms with Crippen molar-refractivity contribution in [2.24, 2.45) is 0 Å². The summed E-state index contributed by atoms with van der Waals surface area (Å²) in [5, 5.41) is 0. The number of rotatable bonds is 7. The highest BCUT2D eigenvalue weighted by Crippen LogP contribution is 1.96. The lowest BCUT2D eigenvalue weighted by Gasteiger charge is -2.05. The zero-order valence-corrected chi connectivity index (χ0v) is 11.2. The van der Waals surface area contributed by atoms with Gasteiger partial charge in [0.2, 0.25) is 20.0 Å².